The Morgan fingerprint density at radius 2 is 2.05 bits per heavy atom. The topological polar surface area (TPSA) is 41.0 Å². The van der Waals surface area contributed by atoms with E-state index in [0.29, 0.717) is 5.82 Å². The second-order valence-corrected chi connectivity index (χ2v) is 4.23. The van der Waals surface area contributed by atoms with E-state index in [2.05, 4.69) is 15.3 Å². The second kappa shape index (κ2) is 5.65. The summed E-state index contributed by atoms with van der Waals surface area (Å²) in [5.74, 6) is 1.92. The van der Waals surface area contributed by atoms with E-state index in [4.69, 9.17) is 0 Å². The molecule has 2 rings (SSSR count). The number of halogens is 1. The van der Waals surface area contributed by atoms with E-state index in [1.165, 1.54) is 12.1 Å². The molecule has 0 saturated heterocycles. The van der Waals surface area contributed by atoms with Crippen molar-refractivity contribution in [2.45, 2.75) is 13.8 Å². The van der Waals surface area contributed by atoms with Gasteiger partial charge in [-0.15, -0.1) is 0 Å². The highest BCUT2D eigenvalue weighted by atomic mass is 19.1. The van der Waals surface area contributed by atoms with Crippen LogP contribution in [0.15, 0.2) is 30.3 Å². The Morgan fingerprint density at radius 1 is 1.26 bits per heavy atom. The van der Waals surface area contributed by atoms with Crippen molar-refractivity contribution < 1.29 is 4.39 Å². The zero-order chi connectivity index (χ0) is 13.8. The van der Waals surface area contributed by atoms with Crippen molar-refractivity contribution in [1.82, 2.24) is 9.97 Å². The summed E-state index contributed by atoms with van der Waals surface area (Å²) in [6.07, 6.45) is 0. The molecule has 0 amide bonds. The molecule has 2 aromatic rings. The van der Waals surface area contributed by atoms with Crippen LogP contribution < -0.4 is 10.2 Å². The number of rotatable bonds is 4. The van der Waals surface area contributed by atoms with Gasteiger partial charge >= 0.3 is 0 Å². The molecule has 0 atom stereocenters. The van der Waals surface area contributed by atoms with Crippen molar-refractivity contribution in [2.24, 2.45) is 0 Å². The Kier molecular flexibility index (Phi) is 3.94. The normalized spacial score (nSPS) is 10.3. The van der Waals surface area contributed by atoms with E-state index in [1.807, 2.05) is 37.9 Å². The lowest BCUT2D eigenvalue weighted by atomic mass is 10.3. The van der Waals surface area contributed by atoms with Gasteiger partial charge in [-0.05, 0) is 32.0 Å². The van der Waals surface area contributed by atoms with Crippen LogP contribution in [0.2, 0.25) is 0 Å². The molecular formula is C14H17FN4. The van der Waals surface area contributed by atoms with Crippen LogP contribution in [-0.2, 0) is 0 Å². The highest BCUT2D eigenvalue weighted by Gasteiger charge is 2.09. The summed E-state index contributed by atoms with van der Waals surface area (Å²) in [6.45, 7) is 4.64. The van der Waals surface area contributed by atoms with E-state index in [0.717, 1.165) is 23.9 Å². The number of nitrogens with one attached hydrogen (secondary N) is 1. The lowest BCUT2D eigenvalue weighted by Crippen LogP contribution is -2.13. The zero-order valence-corrected chi connectivity index (χ0v) is 11.3. The van der Waals surface area contributed by atoms with Gasteiger partial charge in [0.05, 0.1) is 0 Å². The molecule has 0 fully saturated rings. The van der Waals surface area contributed by atoms with E-state index >= 15 is 0 Å². The first-order chi connectivity index (χ1) is 9.10. The molecular weight excluding hydrogens is 243 g/mol. The fraction of sp³-hybridized carbons (Fsp3) is 0.286. The van der Waals surface area contributed by atoms with Crippen molar-refractivity contribution in [3.05, 3.63) is 42.0 Å². The summed E-state index contributed by atoms with van der Waals surface area (Å²) < 4.78 is 13.3. The molecule has 4 nitrogen and oxygen atoms in total. The number of anilines is 3. The molecule has 0 aliphatic carbocycles. The van der Waals surface area contributed by atoms with Gasteiger partial charge in [0.15, 0.2) is 0 Å². The van der Waals surface area contributed by atoms with Crippen molar-refractivity contribution in [2.75, 3.05) is 23.8 Å². The van der Waals surface area contributed by atoms with Crippen molar-refractivity contribution in [1.29, 1.82) is 0 Å². The van der Waals surface area contributed by atoms with E-state index in [1.54, 1.807) is 6.07 Å². The molecule has 0 radical (unpaired) electrons. The summed E-state index contributed by atoms with van der Waals surface area (Å²) in [4.78, 5) is 10.5. The van der Waals surface area contributed by atoms with Crippen LogP contribution in [0.5, 0.6) is 0 Å². The number of hydrogen-bond acceptors (Lipinski definition) is 4. The summed E-state index contributed by atoms with van der Waals surface area (Å²) in [7, 11) is 1.85. The smallest absolute Gasteiger partial charge is 0.138 e. The molecule has 0 aliphatic heterocycles. The minimum Gasteiger partial charge on any atom is -0.370 e. The minimum atomic E-state index is -0.262. The predicted molar refractivity (Wildman–Crippen MR) is 75.4 cm³/mol. The number of nitrogens with zero attached hydrogens (tertiary/aromatic N) is 3. The second-order valence-electron chi connectivity index (χ2n) is 4.23. The monoisotopic (exact) mass is 260 g/mol. The van der Waals surface area contributed by atoms with Gasteiger partial charge in [-0.2, -0.15) is 0 Å². The van der Waals surface area contributed by atoms with Crippen LogP contribution in [0.25, 0.3) is 0 Å². The van der Waals surface area contributed by atoms with E-state index in [9.17, 15) is 4.39 Å². The first-order valence-electron chi connectivity index (χ1n) is 6.19. The summed E-state index contributed by atoms with van der Waals surface area (Å²) in [5.41, 5.74) is 0.751. The lowest BCUT2D eigenvalue weighted by molar-refractivity contribution is 0.628. The molecule has 100 valence electrons. The van der Waals surface area contributed by atoms with Gasteiger partial charge in [0.2, 0.25) is 0 Å². The van der Waals surface area contributed by atoms with Crippen molar-refractivity contribution in [3.63, 3.8) is 0 Å². The van der Waals surface area contributed by atoms with Crippen LogP contribution in [0.3, 0.4) is 0 Å². The zero-order valence-electron chi connectivity index (χ0n) is 11.3. The third-order valence-electron chi connectivity index (χ3n) is 2.72. The Labute approximate surface area is 112 Å². The third-order valence-corrected chi connectivity index (χ3v) is 2.72. The van der Waals surface area contributed by atoms with Crippen LogP contribution >= 0.6 is 0 Å². The van der Waals surface area contributed by atoms with Gasteiger partial charge in [0.25, 0.3) is 0 Å². The van der Waals surface area contributed by atoms with E-state index in [-0.39, 0.29) is 5.82 Å². The van der Waals surface area contributed by atoms with Gasteiger partial charge in [0.1, 0.15) is 23.3 Å². The molecule has 0 aliphatic rings. The quantitative estimate of drug-likeness (QED) is 0.917. The molecule has 19 heavy (non-hydrogen) atoms. The molecule has 1 N–H and O–H groups in total. The molecule has 1 aromatic carbocycles. The highest BCUT2D eigenvalue weighted by molar-refractivity contribution is 5.61. The Hall–Kier alpha value is -2.17. The predicted octanol–water partition coefficient (Wildman–Crippen LogP) is 3.12. The highest BCUT2D eigenvalue weighted by Crippen LogP contribution is 2.23. The number of benzene rings is 1. The van der Waals surface area contributed by atoms with Crippen LogP contribution in [0.1, 0.15) is 12.7 Å². The summed E-state index contributed by atoms with van der Waals surface area (Å²) in [5, 5.41) is 3.15. The Bertz CT molecular complexity index is 571. The molecule has 1 heterocycles. The van der Waals surface area contributed by atoms with Crippen molar-refractivity contribution >= 4 is 17.3 Å². The minimum absolute atomic E-state index is 0.262. The number of aryl methyl sites for hydroxylation is 1. The molecule has 0 spiro atoms. The van der Waals surface area contributed by atoms with Gasteiger partial charge in [-0.25, -0.2) is 14.4 Å². The first-order valence-corrected chi connectivity index (χ1v) is 6.19. The molecule has 1 aromatic heterocycles. The molecule has 0 saturated carbocycles. The average Bonchev–Trinajstić information content (AvgIpc) is 2.37. The van der Waals surface area contributed by atoms with Crippen LogP contribution in [0, 0.1) is 12.7 Å². The summed E-state index contributed by atoms with van der Waals surface area (Å²) in [6, 6.07) is 8.27. The van der Waals surface area contributed by atoms with Crippen LogP contribution in [-0.4, -0.2) is 23.6 Å². The lowest BCUT2D eigenvalue weighted by Gasteiger charge is -2.19. The fourth-order valence-corrected chi connectivity index (χ4v) is 1.81. The number of aromatic nitrogens is 2. The number of hydrogen-bond donors (Lipinski definition) is 1. The maximum absolute atomic E-state index is 13.3. The van der Waals surface area contributed by atoms with Crippen LogP contribution in [0.4, 0.5) is 21.7 Å². The third kappa shape index (κ3) is 3.19. The van der Waals surface area contributed by atoms with Gasteiger partial charge in [0, 0.05) is 25.3 Å². The van der Waals surface area contributed by atoms with Gasteiger partial charge in [-0.1, -0.05) is 6.07 Å². The SMILES string of the molecule is CCNc1cc(N(C)c2cccc(F)c2)nc(C)n1. The van der Waals surface area contributed by atoms with Gasteiger partial charge < -0.3 is 10.2 Å². The Morgan fingerprint density at radius 3 is 2.74 bits per heavy atom. The van der Waals surface area contributed by atoms with Crippen molar-refractivity contribution in [3.8, 4) is 0 Å². The van der Waals surface area contributed by atoms with Gasteiger partial charge in [-0.3, -0.25) is 0 Å². The maximum Gasteiger partial charge on any atom is 0.138 e. The summed E-state index contributed by atoms with van der Waals surface area (Å²) >= 11 is 0. The fourth-order valence-electron chi connectivity index (χ4n) is 1.81. The standard InChI is InChI=1S/C14H17FN4/c1-4-16-13-9-14(18-10(2)17-13)19(3)12-7-5-6-11(15)8-12/h5-9H,4H2,1-3H3,(H,16,17,18). The molecule has 0 bridgehead atoms. The first kappa shape index (κ1) is 13.3. The molecule has 5 heteroatoms. The molecule has 0 unspecified atom stereocenters. The largest absolute Gasteiger partial charge is 0.370 e. The Balaban J connectivity index is 2.35. The maximum atomic E-state index is 13.3. The average molecular weight is 260 g/mol. The van der Waals surface area contributed by atoms with E-state index < -0.39 is 0 Å².